The zero-order chi connectivity index (χ0) is 32.2. The van der Waals surface area contributed by atoms with Gasteiger partial charge < -0.3 is 19.9 Å². The van der Waals surface area contributed by atoms with Crippen LogP contribution in [-0.4, -0.2) is 61.3 Å². The van der Waals surface area contributed by atoms with Crippen LogP contribution >= 0.6 is 0 Å². The molecule has 0 spiro atoms. The van der Waals surface area contributed by atoms with Crippen molar-refractivity contribution in [3.05, 3.63) is 125 Å². The van der Waals surface area contributed by atoms with Gasteiger partial charge in [-0.2, -0.15) is 0 Å². The highest BCUT2D eigenvalue weighted by Crippen LogP contribution is 2.31. The standard InChI is InChI=1S/C36H33FN4O5/c1-24-7-2-3-8-26(24)22-41(32(42)23-40-31-12-5-4-11-30(31)34(43)36(40)45)33(25-9-6-10-27(37)21-25)35(44)38-28-13-15-29(16-14-28)39-17-19-46-20-18-39/h2-16,21,33H,17-20,22-23H2,1H3,(H,38,44)/t33-/m0/s1. The number of rotatable bonds is 9. The van der Waals surface area contributed by atoms with Gasteiger partial charge in [0.2, 0.25) is 5.91 Å². The largest absolute Gasteiger partial charge is 0.378 e. The molecule has 0 radical (unpaired) electrons. The number of amides is 3. The van der Waals surface area contributed by atoms with Gasteiger partial charge in [0.25, 0.3) is 17.6 Å². The maximum Gasteiger partial charge on any atom is 0.299 e. The number of ketones is 1. The van der Waals surface area contributed by atoms with Gasteiger partial charge in [-0.05, 0) is 72.1 Å². The predicted molar refractivity (Wildman–Crippen MR) is 172 cm³/mol. The summed E-state index contributed by atoms with van der Waals surface area (Å²) >= 11 is 0. The van der Waals surface area contributed by atoms with Gasteiger partial charge in [-0.25, -0.2) is 4.39 Å². The Morgan fingerprint density at radius 1 is 0.913 bits per heavy atom. The molecule has 0 saturated carbocycles. The second-order valence-corrected chi connectivity index (χ2v) is 11.3. The maximum atomic E-state index is 14.6. The van der Waals surface area contributed by atoms with E-state index < -0.39 is 41.9 Å². The fourth-order valence-corrected chi connectivity index (χ4v) is 5.86. The predicted octanol–water partition coefficient (Wildman–Crippen LogP) is 4.91. The van der Waals surface area contributed by atoms with Crippen molar-refractivity contribution in [2.75, 3.05) is 48.0 Å². The second kappa shape index (κ2) is 13.3. The average Bonchev–Trinajstić information content (AvgIpc) is 3.31. The van der Waals surface area contributed by atoms with E-state index in [9.17, 15) is 23.6 Å². The number of para-hydroxylation sites is 1. The molecule has 2 aliphatic heterocycles. The number of hydrogen-bond acceptors (Lipinski definition) is 6. The molecule has 0 unspecified atom stereocenters. The smallest absolute Gasteiger partial charge is 0.299 e. The fraction of sp³-hybridized carbons (Fsp3) is 0.222. The fourth-order valence-electron chi connectivity index (χ4n) is 5.86. The van der Waals surface area contributed by atoms with E-state index in [0.717, 1.165) is 34.8 Å². The molecule has 0 aliphatic carbocycles. The van der Waals surface area contributed by atoms with Crippen molar-refractivity contribution in [1.82, 2.24) is 4.90 Å². The third-order valence-corrected chi connectivity index (χ3v) is 8.33. The molecule has 1 saturated heterocycles. The lowest BCUT2D eigenvalue weighted by Crippen LogP contribution is -2.46. The van der Waals surface area contributed by atoms with Crippen molar-refractivity contribution >= 4 is 40.6 Å². The number of Topliss-reactive ketones (excluding diaryl/α,β-unsaturated/α-hetero) is 1. The Bertz CT molecular complexity index is 1790. The molecule has 1 N–H and O–H groups in total. The molecular formula is C36H33FN4O5. The van der Waals surface area contributed by atoms with Gasteiger partial charge >= 0.3 is 0 Å². The van der Waals surface area contributed by atoms with Crippen molar-refractivity contribution in [2.24, 2.45) is 0 Å². The minimum Gasteiger partial charge on any atom is -0.378 e. The highest BCUT2D eigenvalue weighted by atomic mass is 19.1. The van der Waals surface area contributed by atoms with Crippen LogP contribution in [0.4, 0.5) is 21.5 Å². The summed E-state index contributed by atoms with van der Waals surface area (Å²) in [5.41, 5.74) is 3.94. The van der Waals surface area contributed by atoms with Crippen LogP contribution in [0.15, 0.2) is 97.1 Å². The van der Waals surface area contributed by atoms with E-state index in [1.807, 2.05) is 43.3 Å². The normalized spacial score (nSPS) is 15.0. The highest BCUT2D eigenvalue weighted by molar-refractivity contribution is 6.52. The van der Waals surface area contributed by atoms with Gasteiger partial charge in [-0.1, -0.05) is 48.5 Å². The lowest BCUT2D eigenvalue weighted by molar-refractivity contribution is -0.139. The third kappa shape index (κ3) is 6.38. The zero-order valence-electron chi connectivity index (χ0n) is 25.3. The second-order valence-electron chi connectivity index (χ2n) is 11.3. The quantitative estimate of drug-likeness (QED) is 0.267. The van der Waals surface area contributed by atoms with Gasteiger partial charge in [0.1, 0.15) is 18.4 Å². The number of aryl methyl sites for hydroxylation is 1. The van der Waals surface area contributed by atoms with Crippen molar-refractivity contribution in [2.45, 2.75) is 19.5 Å². The minimum absolute atomic E-state index is 0.00625. The van der Waals surface area contributed by atoms with Crippen LogP contribution in [0.3, 0.4) is 0 Å². The number of halogens is 1. The molecule has 0 bridgehead atoms. The molecular weight excluding hydrogens is 587 g/mol. The van der Waals surface area contributed by atoms with Crippen molar-refractivity contribution in [3.63, 3.8) is 0 Å². The molecule has 46 heavy (non-hydrogen) atoms. The van der Waals surface area contributed by atoms with Gasteiger partial charge in [0.05, 0.1) is 24.5 Å². The van der Waals surface area contributed by atoms with Crippen molar-refractivity contribution < 1.29 is 28.3 Å². The summed E-state index contributed by atoms with van der Waals surface area (Å²) in [5, 5.41) is 2.92. The molecule has 3 amide bonds. The van der Waals surface area contributed by atoms with E-state index in [2.05, 4.69) is 10.2 Å². The first kappa shape index (κ1) is 30.7. The lowest BCUT2D eigenvalue weighted by atomic mass is 10.0. The van der Waals surface area contributed by atoms with Crippen LogP contribution in [0.5, 0.6) is 0 Å². The molecule has 1 atom stereocenters. The first-order chi connectivity index (χ1) is 22.3. The number of carbonyl (C=O) groups excluding carboxylic acids is 4. The Labute approximate surface area is 266 Å². The number of fused-ring (bicyclic) bond motifs is 1. The van der Waals surface area contributed by atoms with Gasteiger partial charge in [-0.15, -0.1) is 0 Å². The maximum absolute atomic E-state index is 14.6. The topological polar surface area (TPSA) is 99.3 Å². The molecule has 1 fully saturated rings. The number of nitrogens with zero attached hydrogens (tertiary/aromatic N) is 3. The molecule has 4 aromatic rings. The number of anilines is 3. The number of carbonyl (C=O) groups is 4. The summed E-state index contributed by atoms with van der Waals surface area (Å²) < 4.78 is 20.1. The number of nitrogens with one attached hydrogen (secondary N) is 1. The van der Waals surface area contributed by atoms with Crippen LogP contribution in [0.1, 0.15) is 33.1 Å². The van der Waals surface area contributed by atoms with Crippen LogP contribution in [0.25, 0.3) is 0 Å². The monoisotopic (exact) mass is 620 g/mol. The van der Waals surface area contributed by atoms with Gasteiger partial charge in [-0.3, -0.25) is 24.1 Å². The third-order valence-electron chi connectivity index (χ3n) is 8.33. The molecule has 2 aliphatic rings. The van der Waals surface area contributed by atoms with E-state index in [1.54, 1.807) is 42.5 Å². The minimum atomic E-state index is -1.27. The van der Waals surface area contributed by atoms with E-state index in [-0.39, 0.29) is 17.7 Å². The Balaban J connectivity index is 1.35. The number of hydrogen-bond donors (Lipinski definition) is 1. The SMILES string of the molecule is Cc1ccccc1CN(C(=O)CN1C(=O)C(=O)c2ccccc21)[C@H](C(=O)Nc1ccc(N2CCOCC2)cc1)c1cccc(F)c1. The summed E-state index contributed by atoms with van der Waals surface area (Å²) in [4.78, 5) is 58.8. The van der Waals surface area contributed by atoms with Crippen molar-refractivity contribution in [1.29, 1.82) is 0 Å². The summed E-state index contributed by atoms with van der Waals surface area (Å²) in [6.07, 6.45) is 0. The van der Waals surface area contributed by atoms with Crippen LogP contribution in [0.2, 0.25) is 0 Å². The van der Waals surface area contributed by atoms with E-state index in [4.69, 9.17) is 4.74 Å². The van der Waals surface area contributed by atoms with Crippen molar-refractivity contribution in [3.8, 4) is 0 Å². The highest BCUT2D eigenvalue weighted by Gasteiger charge is 2.39. The molecule has 234 valence electrons. The lowest BCUT2D eigenvalue weighted by Gasteiger charge is -2.33. The molecule has 10 heteroatoms. The zero-order valence-corrected chi connectivity index (χ0v) is 25.3. The number of morpholine rings is 1. The summed E-state index contributed by atoms with van der Waals surface area (Å²) in [6.45, 7) is 4.21. The first-order valence-electron chi connectivity index (χ1n) is 15.1. The molecule has 9 nitrogen and oxygen atoms in total. The summed E-state index contributed by atoms with van der Waals surface area (Å²) in [7, 11) is 0. The molecule has 4 aromatic carbocycles. The van der Waals surface area contributed by atoms with E-state index in [1.165, 1.54) is 23.1 Å². The average molecular weight is 621 g/mol. The van der Waals surface area contributed by atoms with Crippen LogP contribution < -0.4 is 15.1 Å². The van der Waals surface area contributed by atoms with E-state index in [0.29, 0.717) is 24.6 Å². The Morgan fingerprint density at radius 2 is 1.63 bits per heavy atom. The number of benzene rings is 4. The summed E-state index contributed by atoms with van der Waals surface area (Å²) in [5.74, 6) is -3.24. The van der Waals surface area contributed by atoms with Gasteiger partial charge in [0, 0.05) is 31.0 Å². The van der Waals surface area contributed by atoms with Crippen LogP contribution in [-0.2, 0) is 25.7 Å². The Hall–Kier alpha value is -5.35. The first-order valence-corrected chi connectivity index (χ1v) is 15.1. The molecule has 0 aromatic heterocycles. The van der Waals surface area contributed by atoms with Gasteiger partial charge in [0.15, 0.2) is 0 Å². The Kier molecular flexibility index (Phi) is 8.89. The molecule has 6 rings (SSSR count). The molecule has 2 heterocycles. The van der Waals surface area contributed by atoms with Crippen LogP contribution in [0, 0.1) is 12.7 Å². The van der Waals surface area contributed by atoms with E-state index >= 15 is 0 Å². The Morgan fingerprint density at radius 3 is 2.37 bits per heavy atom. The number of ether oxygens (including phenoxy) is 1. The summed E-state index contributed by atoms with van der Waals surface area (Å²) in [6, 6.07) is 25.6.